The molecule has 2 heterocycles. The maximum Gasteiger partial charge on any atom is 0.309 e. The molecule has 1 aromatic heterocycles. The molecule has 1 atom stereocenters. The van der Waals surface area contributed by atoms with Gasteiger partial charge in [0.15, 0.2) is 0 Å². The van der Waals surface area contributed by atoms with Gasteiger partial charge < -0.3 is 14.7 Å². The number of aliphatic carboxylic acids is 1. The van der Waals surface area contributed by atoms with Crippen molar-refractivity contribution in [2.45, 2.75) is 51.0 Å². The van der Waals surface area contributed by atoms with Gasteiger partial charge in [0.25, 0.3) is 11.8 Å². The Morgan fingerprint density at radius 3 is 2.54 bits per heavy atom. The monoisotopic (exact) mass is 547 g/mol. The average Bonchev–Trinajstić information content (AvgIpc) is 3.68. The summed E-state index contributed by atoms with van der Waals surface area (Å²) in [5.74, 6) is -0.980. The summed E-state index contributed by atoms with van der Waals surface area (Å²) in [4.78, 5) is 40.8. The summed E-state index contributed by atoms with van der Waals surface area (Å²) in [6, 6.07) is 10.9. The molecule has 2 fully saturated rings. The van der Waals surface area contributed by atoms with Crippen molar-refractivity contribution in [3.8, 4) is 0 Å². The highest BCUT2D eigenvalue weighted by atomic mass is 35.5. The van der Waals surface area contributed by atoms with Gasteiger partial charge in [0.1, 0.15) is 0 Å². The third kappa shape index (κ3) is 4.45. The van der Waals surface area contributed by atoms with Crippen LogP contribution in [0.4, 0.5) is 0 Å². The van der Waals surface area contributed by atoms with E-state index in [1.54, 1.807) is 37.1 Å². The van der Waals surface area contributed by atoms with Crippen molar-refractivity contribution >= 4 is 45.9 Å². The first kappa shape index (κ1) is 25.8. The van der Waals surface area contributed by atoms with Crippen molar-refractivity contribution in [2.24, 2.45) is 5.41 Å². The van der Waals surface area contributed by atoms with Gasteiger partial charge in [0, 0.05) is 31.1 Å². The van der Waals surface area contributed by atoms with E-state index < -0.39 is 11.4 Å². The van der Waals surface area contributed by atoms with E-state index in [1.807, 2.05) is 24.3 Å². The SMILES string of the molecule is COC1CN(C(=O)c2ccc3c(C4=CC[C@@](C)(C(=O)O)CC4)nn(C(=O)c4c(Cl)cccc4C4CC4)c3c2)C1. The van der Waals surface area contributed by atoms with Crippen LogP contribution < -0.4 is 0 Å². The fraction of sp³-hybridized carbons (Fsp3) is 0.400. The first-order chi connectivity index (χ1) is 18.7. The minimum Gasteiger partial charge on any atom is -0.481 e. The van der Waals surface area contributed by atoms with Crippen molar-refractivity contribution < 1.29 is 24.2 Å². The number of likely N-dealkylation sites (tertiary alicyclic amines) is 1. The number of benzene rings is 2. The number of halogens is 1. The third-order valence-electron chi connectivity index (χ3n) is 8.43. The first-order valence-electron chi connectivity index (χ1n) is 13.3. The Labute approximate surface area is 231 Å². The number of carbonyl (C=O) groups excluding carboxylic acids is 2. The number of fused-ring (bicyclic) bond motifs is 1. The van der Waals surface area contributed by atoms with E-state index in [2.05, 4.69) is 0 Å². The summed E-state index contributed by atoms with van der Waals surface area (Å²) in [6.07, 6.45) is 5.35. The van der Waals surface area contributed by atoms with Crippen LogP contribution in [0.3, 0.4) is 0 Å². The number of nitrogens with zero attached hydrogens (tertiary/aromatic N) is 3. The molecule has 1 saturated carbocycles. The van der Waals surface area contributed by atoms with Crippen LogP contribution in [-0.2, 0) is 9.53 Å². The highest BCUT2D eigenvalue weighted by Crippen LogP contribution is 2.44. The molecule has 1 N–H and O–H groups in total. The first-order valence-corrected chi connectivity index (χ1v) is 13.7. The molecule has 39 heavy (non-hydrogen) atoms. The summed E-state index contributed by atoms with van der Waals surface area (Å²) in [5.41, 5.74) is 3.06. The van der Waals surface area contributed by atoms with Crippen LogP contribution in [0, 0.1) is 5.41 Å². The number of ether oxygens (including phenoxy) is 1. The van der Waals surface area contributed by atoms with Crippen molar-refractivity contribution in [3.05, 3.63) is 69.9 Å². The molecular weight excluding hydrogens is 518 g/mol. The van der Waals surface area contributed by atoms with Crippen LogP contribution in [0.1, 0.15) is 76.9 Å². The molecule has 9 heteroatoms. The fourth-order valence-electron chi connectivity index (χ4n) is 5.55. The zero-order chi connectivity index (χ0) is 27.5. The lowest BCUT2D eigenvalue weighted by Gasteiger charge is -2.38. The van der Waals surface area contributed by atoms with E-state index in [9.17, 15) is 19.5 Å². The number of methoxy groups -OCH3 is 1. The maximum absolute atomic E-state index is 14.1. The number of rotatable bonds is 6. The molecule has 1 aliphatic heterocycles. The van der Waals surface area contributed by atoms with Gasteiger partial charge in [-0.05, 0) is 80.3 Å². The van der Waals surface area contributed by atoms with E-state index in [1.165, 1.54) is 4.68 Å². The van der Waals surface area contributed by atoms with Crippen LogP contribution in [0.2, 0.25) is 5.02 Å². The molecule has 0 radical (unpaired) electrons. The lowest BCUT2D eigenvalue weighted by atomic mass is 9.76. The Kier molecular flexibility index (Phi) is 6.35. The van der Waals surface area contributed by atoms with Crippen LogP contribution in [-0.4, -0.2) is 63.9 Å². The minimum atomic E-state index is -0.828. The largest absolute Gasteiger partial charge is 0.481 e. The average molecular weight is 548 g/mol. The molecule has 2 aliphatic carbocycles. The summed E-state index contributed by atoms with van der Waals surface area (Å²) in [6.45, 7) is 2.80. The summed E-state index contributed by atoms with van der Waals surface area (Å²) in [5, 5.41) is 15.6. The standard InChI is InChI=1S/C30H30ClN3O5/c1-30(29(37)38)12-10-18(11-13-30)26-22-9-8-19(27(35)33-15-20(16-33)39-2)14-24(22)34(32-26)28(36)25-21(17-6-7-17)4-3-5-23(25)31/h3-5,8-10,14,17,20H,6-7,11-13,15-16H2,1-2H3,(H,37,38)/t30-/m1/s1. The normalized spacial score (nSPS) is 21.5. The van der Waals surface area contributed by atoms with Gasteiger partial charge in [-0.15, -0.1) is 0 Å². The predicted octanol–water partition coefficient (Wildman–Crippen LogP) is 5.38. The van der Waals surface area contributed by atoms with Crippen molar-refractivity contribution in [1.82, 2.24) is 14.7 Å². The molecule has 0 bridgehead atoms. The molecule has 0 unspecified atom stereocenters. The Balaban J connectivity index is 1.46. The van der Waals surface area contributed by atoms with Crippen LogP contribution in [0.5, 0.6) is 0 Å². The van der Waals surface area contributed by atoms with Gasteiger partial charge in [-0.2, -0.15) is 9.78 Å². The Morgan fingerprint density at radius 1 is 1.13 bits per heavy atom. The van der Waals surface area contributed by atoms with Gasteiger partial charge in [0.05, 0.1) is 33.3 Å². The zero-order valence-electron chi connectivity index (χ0n) is 21.9. The molecule has 3 aliphatic rings. The molecule has 2 aromatic carbocycles. The zero-order valence-corrected chi connectivity index (χ0v) is 22.7. The number of amides is 1. The number of hydrogen-bond acceptors (Lipinski definition) is 5. The molecule has 8 nitrogen and oxygen atoms in total. The predicted molar refractivity (Wildman–Crippen MR) is 147 cm³/mol. The Hall–Kier alpha value is -3.49. The molecule has 1 amide bonds. The van der Waals surface area contributed by atoms with Crippen LogP contribution >= 0.6 is 11.6 Å². The molecular formula is C30H30ClN3O5. The summed E-state index contributed by atoms with van der Waals surface area (Å²) in [7, 11) is 1.63. The Bertz CT molecular complexity index is 1550. The molecule has 202 valence electrons. The highest BCUT2D eigenvalue weighted by molar-refractivity contribution is 6.34. The maximum atomic E-state index is 14.1. The minimum absolute atomic E-state index is 0.0344. The topological polar surface area (TPSA) is 102 Å². The quantitative estimate of drug-likeness (QED) is 0.444. The van der Waals surface area contributed by atoms with Crippen molar-refractivity contribution in [3.63, 3.8) is 0 Å². The lowest BCUT2D eigenvalue weighted by molar-refractivity contribution is -0.148. The lowest BCUT2D eigenvalue weighted by Crippen LogP contribution is -2.54. The number of carbonyl (C=O) groups is 3. The van der Waals surface area contributed by atoms with E-state index in [0.29, 0.717) is 65.6 Å². The second kappa shape index (κ2) is 9.61. The highest BCUT2D eigenvalue weighted by Gasteiger charge is 2.37. The van der Waals surface area contributed by atoms with Crippen molar-refractivity contribution in [1.29, 1.82) is 0 Å². The van der Waals surface area contributed by atoms with Crippen LogP contribution in [0.25, 0.3) is 16.5 Å². The van der Waals surface area contributed by atoms with Gasteiger partial charge in [0.2, 0.25) is 0 Å². The van der Waals surface area contributed by atoms with Gasteiger partial charge in [-0.25, -0.2) is 0 Å². The number of hydrogen-bond donors (Lipinski definition) is 1. The van der Waals surface area contributed by atoms with Crippen LogP contribution in [0.15, 0.2) is 42.5 Å². The van der Waals surface area contributed by atoms with E-state index >= 15 is 0 Å². The smallest absolute Gasteiger partial charge is 0.309 e. The summed E-state index contributed by atoms with van der Waals surface area (Å²) >= 11 is 6.59. The number of carboxylic acids is 1. The van der Waals surface area contributed by atoms with Gasteiger partial charge in [-0.1, -0.05) is 29.8 Å². The van der Waals surface area contributed by atoms with Gasteiger partial charge in [-0.3, -0.25) is 14.4 Å². The van der Waals surface area contributed by atoms with E-state index in [-0.39, 0.29) is 17.9 Å². The number of allylic oxidation sites excluding steroid dienone is 2. The van der Waals surface area contributed by atoms with E-state index in [0.717, 1.165) is 29.4 Å². The van der Waals surface area contributed by atoms with E-state index in [4.69, 9.17) is 21.4 Å². The molecule has 6 rings (SSSR count). The number of aromatic nitrogens is 2. The second-order valence-corrected chi connectivity index (χ2v) is 11.6. The fourth-order valence-corrected chi connectivity index (χ4v) is 5.82. The molecule has 3 aromatic rings. The van der Waals surface area contributed by atoms with Gasteiger partial charge >= 0.3 is 5.97 Å². The summed E-state index contributed by atoms with van der Waals surface area (Å²) < 4.78 is 6.68. The molecule has 0 spiro atoms. The number of carboxylic acid groups (broad SMARTS) is 1. The Morgan fingerprint density at radius 2 is 1.90 bits per heavy atom. The van der Waals surface area contributed by atoms with Crippen molar-refractivity contribution in [2.75, 3.05) is 20.2 Å². The third-order valence-corrected chi connectivity index (χ3v) is 8.75. The second-order valence-electron chi connectivity index (χ2n) is 11.1. The molecule has 1 saturated heterocycles.